The molecule has 1 aromatic heterocycles. The molecule has 0 fully saturated rings. The van der Waals surface area contributed by atoms with Crippen LogP contribution >= 0.6 is 11.6 Å². The number of carbonyl (C=O) groups is 1. The third-order valence-electron chi connectivity index (χ3n) is 4.99. The molecule has 0 unspecified atom stereocenters. The van der Waals surface area contributed by atoms with Gasteiger partial charge in [0.2, 0.25) is 5.95 Å². The van der Waals surface area contributed by atoms with Gasteiger partial charge < -0.3 is 15.0 Å². The topological polar surface area (TPSA) is 72.3 Å². The zero-order valence-corrected chi connectivity index (χ0v) is 18.9. The van der Waals surface area contributed by atoms with E-state index in [1.807, 2.05) is 64.2 Å². The summed E-state index contributed by atoms with van der Waals surface area (Å²) in [4.78, 5) is 18.8. The number of carbonyl (C=O) groups excluding carboxylic acids is 1. The van der Waals surface area contributed by atoms with Crippen molar-refractivity contribution in [3.63, 3.8) is 0 Å². The second-order valence-electron chi connectivity index (χ2n) is 8.65. The first-order valence-corrected chi connectivity index (χ1v) is 10.6. The van der Waals surface area contributed by atoms with Gasteiger partial charge in [-0.2, -0.15) is 4.98 Å². The first-order chi connectivity index (χ1) is 14.7. The molecule has 0 aliphatic carbocycles. The summed E-state index contributed by atoms with van der Waals surface area (Å²) in [6.45, 7) is 6.81. The van der Waals surface area contributed by atoms with Crippen LogP contribution in [0.2, 0.25) is 5.02 Å². The molecule has 4 rings (SSSR count). The molecule has 162 valence electrons. The molecule has 1 aliphatic heterocycles. The predicted molar refractivity (Wildman–Crippen MR) is 122 cm³/mol. The summed E-state index contributed by atoms with van der Waals surface area (Å²) in [5, 5.41) is 8.50. The van der Waals surface area contributed by atoms with Gasteiger partial charge in [-0.05, 0) is 68.7 Å². The lowest BCUT2D eigenvalue weighted by molar-refractivity contribution is 0.0224. The highest BCUT2D eigenvalue weighted by Crippen LogP contribution is 2.27. The van der Waals surface area contributed by atoms with E-state index in [9.17, 15) is 4.79 Å². The average molecular weight is 440 g/mol. The Hall–Kier alpha value is -3.06. The second kappa shape index (κ2) is 8.23. The van der Waals surface area contributed by atoms with Gasteiger partial charge >= 0.3 is 6.09 Å². The van der Waals surface area contributed by atoms with Crippen molar-refractivity contribution in [2.45, 2.75) is 39.3 Å². The number of ether oxygens (including phenoxy) is 1. The van der Waals surface area contributed by atoms with Gasteiger partial charge in [0.1, 0.15) is 5.60 Å². The number of hydrogen-bond donors (Lipinski definition) is 1. The Bertz CT molecular complexity index is 1100. The van der Waals surface area contributed by atoms with Crippen molar-refractivity contribution in [3.8, 4) is 11.4 Å². The molecule has 2 aromatic carbocycles. The molecule has 0 saturated heterocycles. The fourth-order valence-corrected chi connectivity index (χ4v) is 3.58. The number of amides is 1. The molecule has 0 saturated carbocycles. The monoisotopic (exact) mass is 439 g/mol. The third kappa shape index (κ3) is 4.99. The van der Waals surface area contributed by atoms with E-state index in [0.29, 0.717) is 29.9 Å². The standard InChI is InChI=1S/C23H26ClN5O2/c1-23(2,3)31-22(30)29-12-11-15-13-16(5-6-17(15)14-29)20-26-21(28(4)27-20)25-19-9-7-18(24)8-10-19/h5-10,13H,11-12,14H2,1-4H3,(H,25,26,27). The van der Waals surface area contributed by atoms with Gasteiger partial charge in [0.05, 0.1) is 0 Å². The molecule has 1 aliphatic rings. The molecule has 31 heavy (non-hydrogen) atoms. The Balaban J connectivity index is 1.50. The van der Waals surface area contributed by atoms with Crippen LogP contribution in [0.4, 0.5) is 16.4 Å². The number of rotatable bonds is 3. The van der Waals surface area contributed by atoms with Crippen molar-refractivity contribution in [1.82, 2.24) is 19.7 Å². The van der Waals surface area contributed by atoms with Gasteiger partial charge in [-0.25, -0.2) is 9.48 Å². The molecule has 0 spiro atoms. The van der Waals surface area contributed by atoms with E-state index >= 15 is 0 Å². The highest BCUT2D eigenvalue weighted by molar-refractivity contribution is 6.30. The number of nitrogens with one attached hydrogen (secondary N) is 1. The summed E-state index contributed by atoms with van der Waals surface area (Å²) in [5.74, 6) is 1.29. The SMILES string of the molecule is Cn1nc(-c2ccc3c(c2)CCN(C(=O)OC(C)(C)C)C3)nc1Nc1ccc(Cl)cc1. The van der Waals surface area contributed by atoms with Gasteiger partial charge in [-0.15, -0.1) is 5.10 Å². The maximum absolute atomic E-state index is 12.4. The zero-order valence-electron chi connectivity index (χ0n) is 18.1. The molecule has 0 bridgehead atoms. The van der Waals surface area contributed by atoms with E-state index in [-0.39, 0.29) is 6.09 Å². The van der Waals surface area contributed by atoms with E-state index in [1.165, 1.54) is 5.56 Å². The van der Waals surface area contributed by atoms with Gasteiger partial charge in [-0.3, -0.25) is 0 Å². The molecule has 0 atom stereocenters. The quantitative estimate of drug-likeness (QED) is 0.609. The summed E-state index contributed by atoms with van der Waals surface area (Å²) >= 11 is 5.95. The number of halogens is 1. The van der Waals surface area contributed by atoms with Crippen molar-refractivity contribution in [2.75, 3.05) is 11.9 Å². The Kier molecular flexibility index (Phi) is 5.62. The fraction of sp³-hybridized carbons (Fsp3) is 0.348. The lowest BCUT2D eigenvalue weighted by atomic mass is 9.97. The number of hydrogen-bond acceptors (Lipinski definition) is 5. The first-order valence-electron chi connectivity index (χ1n) is 10.2. The van der Waals surface area contributed by atoms with Crippen molar-refractivity contribution in [2.24, 2.45) is 7.05 Å². The van der Waals surface area contributed by atoms with E-state index in [0.717, 1.165) is 23.2 Å². The molecular formula is C23H26ClN5O2. The minimum atomic E-state index is -0.496. The first kappa shape index (κ1) is 21.2. The lowest BCUT2D eigenvalue weighted by Gasteiger charge is -2.31. The summed E-state index contributed by atoms with van der Waals surface area (Å²) in [6, 6.07) is 13.6. The Morgan fingerprint density at radius 3 is 2.58 bits per heavy atom. The van der Waals surface area contributed by atoms with Crippen LogP contribution in [0.15, 0.2) is 42.5 Å². The maximum atomic E-state index is 12.4. The van der Waals surface area contributed by atoms with E-state index in [4.69, 9.17) is 16.3 Å². The van der Waals surface area contributed by atoms with Crippen LogP contribution in [0.1, 0.15) is 31.9 Å². The van der Waals surface area contributed by atoms with Gasteiger partial charge in [0.15, 0.2) is 5.82 Å². The maximum Gasteiger partial charge on any atom is 0.410 e. The average Bonchev–Trinajstić information content (AvgIpc) is 3.08. The molecule has 0 radical (unpaired) electrons. The second-order valence-corrected chi connectivity index (χ2v) is 9.09. The van der Waals surface area contributed by atoms with Crippen LogP contribution in [0.5, 0.6) is 0 Å². The van der Waals surface area contributed by atoms with Gasteiger partial charge in [0.25, 0.3) is 0 Å². The molecule has 2 heterocycles. The number of benzene rings is 2. The van der Waals surface area contributed by atoms with Crippen LogP contribution in [-0.2, 0) is 24.8 Å². The van der Waals surface area contributed by atoms with Crippen LogP contribution in [0, 0.1) is 0 Å². The van der Waals surface area contributed by atoms with E-state index in [2.05, 4.69) is 21.5 Å². The number of anilines is 2. The van der Waals surface area contributed by atoms with Crippen molar-refractivity contribution < 1.29 is 9.53 Å². The minimum Gasteiger partial charge on any atom is -0.444 e. The van der Waals surface area contributed by atoms with Crippen molar-refractivity contribution in [1.29, 1.82) is 0 Å². The van der Waals surface area contributed by atoms with Crippen molar-refractivity contribution >= 4 is 29.3 Å². The number of aryl methyl sites for hydroxylation is 1. The van der Waals surface area contributed by atoms with Crippen LogP contribution in [-0.4, -0.2) is 37.9 Å². The molecule has 7 nitrogen and oxygen atoms in total. The van der Waals surface area contributed by atoms with Crippen LogP contribution < -0.4 is 5.32 Å². The van der Waals surface area contributed by atoms with Crippen LogP contribution in [0.25, 0.3) is 11.4 Å². The Morgan fingerprint density at radius 1 is 1.13 bits per heavy atom. The highest BCUT2D eigenvalue weighted by Gasteiger charge is 2.26. The van der Waals surface area contributed by atoms with Gasteiger partial charge in [0, 0.05) is 36.4 Å². The number of fused-ring (bicyclic) bond motifs is 1. The largest absolute Gasteiger partial charge is 0.444 e. The summed E-state index contributed by atoms with van der Waals surface area (Å²) in [6.07, 6.45) is 0.497. The minimum absolute atomic E-state index is 0.272. The van der Waals surface area contributed by atoms with E-state index in [1.54, 1.807) is 9.58 Å². The Morgan fingerprint density at radius 2 is 1.87 bits per heavy atom. The summed E-state index contributed by atoms with van der Waals surface area (Å²) in [7, 11) is 1.85. The fourth-order valence-electron chi connectivity index (χ4n) is 3.45. The smallest absolute Gasteiger partial charge is 0.410 e. The predicted octanol–water partition coefficient (Wildman–Crippen LogP) is 5.17. The number of aromatic nitrogens is 3. The molecular weight excluding hydrogens is 414 g/mol. The lowest BCUT2D eigenvalue weighted by Crippen LogP contribution is -2.39. The Labute approximate surface area is 187 Å². The highest BCUT2D eigenvalue weighted by atomic mass is 35.5. The molecule has 8 heteroatoms. The zero-order chi connectivity index (χ0) is 22.2. The third-order valence-corrected chi connectivity index (χ3v) is 5.24. The van der Waals surface area contributed by atoms with Crippen LogP contribution in [0.3, 0.4) is 0 Å². The molecule has 3 aromatic rings. The van der Waals surface area contributed by atoms with Crippen molar-refractivity contribution in [3.05, 3.63) is 58.6 Å². The molecule has 1 amide bonds. The summed E-state index contributed by atoms with van der Waals surface area (Å²) in [5.41, 5.74) is 3.67. The molecule has 1 N–H and O–H groups in total. The number of nitrogens with zero attached hydrogens (tertiary/aromatic N) is 4. The normalized spacial score (nSPS) is 13.6. The summed E-state index contributed by atoms with van der Waals surface area (Å²) < 4.78 is 7.22. The van der Waals surface area contributed by atoms with E-state index < -0.39 is 5.60 Å². The van der Waals surface area contributed by atoms with Gasteiger partial charge in [-0.1, -0.05) is 23.7 Å².